The Morgan fingerprint density at radius 3 is 2.66 bits per heavy atom. The lowest BCUT2D eigenvalue weighted by atomic mass is 10.0. The third-order valence-corrected chi connectivity index (χ3v) is 4.82. The Labute approximate surface area is 171 Å². The van der Waals surface area contributed by atoms with Crippen LogP contribution < -0.4 is 0 Å². The maximum atomic E-state index is 11.0. The second-order valence-electron chi connectivity index (χ2n) is 6.42. The smallest absolute Gasteiger partial charge is 0.335 e. The minimum Gasteiger partial charge on any atom is -0.478 e. The summed E-state index contributed by atoms with van der Waals surface area (Å²) in [7, 11) is 0. The lowest BCUT2D eigenvalue weighted by Crippen LogP contribution is -1.94. The summed E-state index contributed by atoms with van der Waals surface area (Å²) in [6, 6.07) is 13.8. The Bertz CT molecular complexity index is 1170. The van der Waals surface area contributed by atoms with E-state index in [2.05, 4.69) is 15.1 Å². The zero-order valence-corrected chi connectivity index (χ0v) is 16.1. The molecular weight excluding hydrogens is 390 g/mol. The SMILES string of the molecule is Cc1cccc(Cl)c1-c1noc(-c2cc[nH]c2)c1C=Nc1ccc(C(=O)O)cc1. The summed E-state index contributed by atoms with van der Waals surface area (Å²) in [4.78, 5) is 18.5. The van der Waals surface area contributed by atoms with Crippen LogP contribution in [0.15, 0.2) is 70.4 Å². The van der Waals surface area contributed by atoms with Gasteiger partial charge < -0.3 is 14.6 Å². The molecule has 4 aromatic rings. The molecule has 0 unspecified atom stereocenters. The van der Waals surface area contributed by atoms with E-state index in [0.717, 1.165) is 16.7 Å². The van der Waals surface area contributed by atoms with Crippen LogP contribution >= 0.6 is 11.6 Å². The van der Waals surface area contributed by atoms with Gasteiger partial charge in [0.25, 0.3) is 0 Å². The van der Waals surface area contributed by atoms with Crippen LogP contribution in [0.3, 0.4) is 0 Å². The van der Waals surface area contributed by atoms with Gasteiger partial charge in [-0.05, 0) is 48.9 Å². The summed E-state index contributed by atoms with van der Waals surface area (Å²) in [5, 5.41) is 13.9. The Morgan fingerprint density at radius 2 is 2.00 bits per heavy atom. The van der Waals surface area contributed by atoms with E-state index in [9.17, 15) is 4.79 Å². The second kappa shape index (κ2) is 7.77. The number of hydrogen-bond donors (Lipinski definition) is 2. The molecule has 2 aromatic heterocycles. The van der Waals surface area contributed by atoms with Crippen molar-refractivity contribution in [3.8, 4) is 22.6 Å². The predicted molar refractivity (Wildman–Crippen MR) is 112 cm³/mol. The Hall–Kier alpha value is -3.64. The number of nitrogens with zero attached hydrogens (tertiary/aromatic N) is 2. The number of carboxylic acids is 1. The Balaban J connectivity index is 1.82. The highest BCUT2D eigenvalue weighted by Crippen LogP contribution is 2.36. The molecular formula is C22H16ClN3O3. The molecule has 0 fully saturated rings. The van der Waals surface area contributed by atoms with Crippen molar-refractivity contribution < 1.29 is 14.4 Å². The number of benzene rings is 2. The monoisotopic (exact) mass is 405 g/mol. The topological polar surface area (TPSA) is 91.5 Å². The summed E-state index contributed by atoms with van der Waals surface area (Å²) >= 11 is 6.45. The molecule has 0 aliphatic carbocycles. The maximum Gasteiger partial charge on any atom is 0.335 e. The van der Waals surface area contributed by atoms with Crippen LogP contribution in [-0.4, -0.2) is 27.4 Å². The summed E-state index contributed by atoms with van der Waals surface area (Å²) in [6.45, 7) is 1.96. The number of aromatic amines is 1. The number of H-pyrrole nitrogens is 1. The van der Waals surface area contributed by atoms with Crippen molar-refractivity contribution in [1.29, 1.82) is 0 Å². The number of aromatic nitrogens is 2. The van der Waals surface area contributed by atoms with Crippen LogP contribution in [0.5, 0.6) is 0 Å². The van der Waals surface area contributed by atoms with Crippen LogP contribution in [0.4, 0.5) is 5.69 Å². The maximum absolute atomic E-state index is 11.0. The number of aromatic carboxylic acids is 1. The highest BCUT2D eigenvalue weighted by Gasteiger charge is 2.21. The largest absolute Gasteiger partial charge is 0.478 e. The second-order valence-corrected chi connectivity index (χ2v) is 6.82. The highest BCUT2D eigenvalue weighted by molar-refractivity contribution is 6.33. The fraction of sp³-hybridized carbons (Fsp3) is 0.0455. The van der Waals surface area contributed by atoms with Gasteiger partial charge in [-0.25, -0.2) is 4.79 Å². The molecule has 2 heterocycles. The molecule has 0 spiro atoms. The zero-order chi connectivity index (χ0) is 20.4. The molecule has 0 bridgehead atoms. The lowest BCUT2D eigenvalue weighted by molar-refractivity contribution is 0.0697. The molecule has 4 rings (SSSR count). The van der Waals surface area contributed by atoms with Crippen LogP contribution in [0.2, 0.25) is 5.02 Å². The molecule has 2 aromatic carbocycles. The lowest BCUT2D eigenvalue weighted by Gasteiger charge is -2.06. The van der Waals surface area contributed by atoms with Gasteiger partial charge in [0.05, 0.1) is 21.8 Å². The standard InChI is InChI=1S/C22H16ClN3O3/c1-13-3-2-4-18(23)19(13)20-17(21(29-26-20)15-9-10-24-11-15)12-25-16-7-5-14(6-8-16)22(27)28/h2-12,24H,1H3,(H,27,28). The molecule has 6 nitrogen and oxygen atoms in total. The number of aryl methyl sites for hydroxylation is 1. The molecule has 0 radical (unpaired) electrons. The van der Waals surface area contributed by atoms with Gasteiger partial charge in [-0.3, -0.25) is 4.99 Å². The van der Waals surface area contributed by atoms with E-state index in [-0.39, 0.29) is 5.56 Å². The molecule has 0 saturated heterocycles. The van der Waals surface area contributed by atoms with Gasteiger partial charge in [-0.2, -0.15) is 0 Å². The fourth-order valence-electron chi connectivity index (χ4n) is 3.03. The van der Waals surface area contributed by atoms with E-state index >= 15 is 0 Å². The highest BCUT2D eigenvalue weighted by atomic mass is 35.5. The number of nitrogens with one attached hydrogen (secondary N) is 1. The summed E-state index contributed by atoms with van der Waals surface area (Å²) in [5.74, 6) is -0.419. The first-order valence-corrected chi connectivity index (χ1v) is 9.18. The number of halogens is 1. The Kier molecular flexibility index (Phi) is 5.01. The van der Waals surface area contributed by atoms with Gasteiger partial charge in [0, 0.05) is 29.7 Å². The van der Waals surface area contributed by atoms with E-state index in [0.29, 0.717) is 27.7 Å². The molecule has 144 valence electrons. The molecule has 7 heteroatoms. The molecule has 0 amide bonds. The van der Waals surface area contributed by atoms with Gasteiger partial charge >= 0.3 is 5.97 Å². The van der Waals surface area contributed by atoms with E-state index in [1.54, 1.807) is 30.6 Å². The number of carboxylic acid groups (broad SMARTS) is 1. The predicted octanol–water partition coefficient (Wildman–Crippen LogP) is 5.75. The van der Waals surface area contributed by atoms with Crippen LogP contribution in [0.1, 0.15) is 21.5 Å². The van der Waals surface area contributed by atoms with E-state index in [4.69, 9.17) is 21.2 Å². The number of rotatable bonds is 5. The number of aliphatic imine (C=N–C) groups is 1. The van der Waals surface area contributed by atoms with Crippen molar-refractivity contribution >= 4 is 29.5 Å². The average molecular weight is 406 g/mol. The van der Waals surface area contributed by atoms with E-state index in [1.165, 1.54) is 12.1 Å². The minimum absolute atomic E-state index is 0.203. The molecule has 0 aliphatic rings. The Morgan fingerprint density at radius 1 is 1.21 bits per heavy atom. The van der Waals surface area contributed by atoms with E-state index in [1.807, 2.05) is 31.3 Å². The van der Waals surface area contributed by atoms with Gasteiger partial charge in [0.2, 0.25) is 0 Å². The van der Waals surface area contributed by atoms with Crippen molar-refractivity contribution in [1.82, 2.24) is 10.1 Å². The van der Waals surface area contributed by atoms with Crippen molar-refractivity contribution in [2.45, 2.75) is 6.92 Å². The first-order chi connectivity index (χ1) is 14.0. The fourth-order valence-corrected chi connectivity index (χ4v) is 3.34. The van der Waals surface area contributed by atoms with Crippen LogP contribution in [0.25, 0.3) is 22.6 Å². The molecule has 0 atom stereocenters. The first-order valence-electron chi connectivity index (χ1n) is 8.80. The summed E-state index contributed by atoms with van der Waals surface area (Å²) < 4.78 is 5.65. The van der Waals surface area contributed by atoms with Crippen molar-refractivity contribution in [3.05, 3.63) is 82.6 Å². The van der Waals surface area contributed by atoms with Gasteiger partial charge in [-0.1, -0.05) is 28.9 Å². The molecule has 2 N–H and O–H groups in total. The molecule has 0 saturated carbocycles. The molecule has 0 aliphatic heterocycles. The summed E-state index contributed by atoms with van der Waals surface area (Å²) in [6.07, 6.45) is 5.26. The first kappa shape index (κ1) is 18.7. The third-order valence-electron chi connectivity index (χ3n) is 4.50. The molecule has 29 heavy (non-hydrogen) atoms. The van der Waals surface area contributed by atoms with Gasteiger partial charge in [-0.15, -0.1) is 0 Å². The van der Waals surface area contributed by atoms with Crippen molar-refractivity contribution in [2.24, 2.45) is 4.99 Å². The number of carbonyl (C=O) groups is 1. The van der Waals surface area contributed by atoms with E-state index < -0.39 is 5.97 Å². The zero-order valence-electron chi connectivity index (χ0n) is 15.4. The number of hydrogen-bond acceptors (Lipinski definition) is 4. The normalized spacial score (nSPS) is 11.2. The van der Waals surface area contributed by atoms with Crippen molar-refractivity contribution in [2.75, 3.05) is 0 Å². The minimum atomic E-state index is -0.981. The van der Waals surface area contributed by atoms with Crippen molar-refractivity contribution in [3.63, 3.8) is 0 Å². The summed E-state index contributed by atoms with van der Waals surface area (Å²) in [5.41, 5.74) is 4.66. The van der Waals surface area contributed by atoms with Gasteiger partial charge in [0.1, 0.15) is 5.69 Å². The third kappa shape index (κ3) is 3.70. The van der Waals surface area contributed by atoms with Crippen LogP contribution in [0, 0.1) is 6.92 Å². The quantitative estimate of drug-likeness (QED) is 0.413. The van der Waals surface area contributed by atoms with Gasteiger partial charge in [0.15, 0.2) is 5.76 Å². The average Bonchev–Trinajstić information content (AvgIpc) is 3.36. The van der Waals surface area contributed by atoms with Crippen LogP contribution in [-0.2, 0) is 0 Å².